The van der Waals surface area contributed by atoms with E-state index in [4.69, 9.17) is 0 Å². The molecular weight excluding hydrogens is 172 g/mol. The van der Waals surface area contributed by atoms with Gasteiger partial charge < -0.3 is 10.2 Å². The number of nitrogens with one attached hydrogen (secondary N) is 1. The average Bonchev–Trinajstić information content (AvgIpc) is 2.14. The molecule has 2 heteroatoms. The molecule has 0 amide bonds. The van der Waals surface area contributed by atoms with Crippen LogP contribution in [0.5, 0.6) is 0 Å². The summed E-state index contributed by atoms with van der Waals surface area (Å²) >= 11 is 0. The minimum Gasteiger partial charge on any atom is -0.311 e. The Morgan fingerprint density at radius 3 is 2.43 bits per heavy atom. The molecule has 0 unspecified atom stereocenters. The number of hydrogen-bond acceptors (Lipinski definition) is 2. The van der Waals surface area contributed by atoms with Crippen LogP contribution in [-0.2, 0) is 0 Å². The SMILES string of the molecule is CN1CCC(CNC2(C)CCC2)CC1. The van der Waals surface area contributed by atoms with Crippen LogP contribution in [0.4, 0.5) is 0 Å². The highest BCUT2D eigenvalue weighted by molar-refractivity contribution is 4.92. The third-order valence-electron chi connectivity index (χ3n) is 4.11. The van der Waals surface area contributed by atoms with Crippen molar-refractivity contribution in [3.63, 3.8) is 0 Å². The summed E-state index contributed by atoms with van der Waals surface area (Å²) in [6, 6.07) is 0. The minimum absolute atomic E-state index is 0.503. The van der Waals surface area contributed by atoms with Gasteiger partial charge in [0, 0.05) is 5.54 Å². The van der Waals surface area contributed by atoms with E-state index >= 15 is 0 Å². The fourth-order valence-electron chi connectivity index (χ4n) is 2.54. The van der Waals surface area contributed by atoms with Crippen LogP contribution in [0.15, 0.2) is 0 Å². The van der Waals surface area contributed by atoms with Crippen LogP contribution >= 0.6 is 0 Å². The standard InChI is InChI=1S/C12H24N2/c1-12(6-3-7-12)13-10-11-4-8-14(2)9-5-11/h11,13H,3-10H2,1-2H3. The molecule has 2 nitrogen and oxygen atoms in total. The van der Waals surface area contributed by atoms with Gasteiger partial charge in [-0.15, -0.1) is 0 Å². The van der Waals surface area contributed by atoms with Gasteiger partial charge in [-0.25, -0.2) is 0 Å². The van der Waals surface area contributed by atoms with Crippen LogP contribution in [0.2, 0.25) is 0 Å². The van der Waals surface area contributed by atoms with E-state index < -0.39 is 0 Å². The van der Waals surface area contributed by atoms with Crippen LogP contribution in [0.1, 0.15) is 39.0 Å². The summed E-state index contributed by atoms with van der Waals surface area (Å²) in [5.41, 5.74) is 0.503. The molecule has 0 radical (unpaired) electrons. The summed E-state index contributed by atoms with van der Waals surface area (Å²) < 4.78 is 0. The molecule has 0 aromatic heterocycles. The van der Waals surface area contributed by atoms with Gasteiger partial charge in [-0.05, 0) is 71.6 Å². The van der Waals surface area contributed by atoms with E-state index in [0.717, 1.165) is 5.92 Å². The van der Waals surface area contributed by atoms with Crippen molar-refractivity contribution in [2.24, 2.45) is 5.92 Å². The van der Waals surface area contributed by atoms with Crippen molar-refractivity contribution in [1.82, 2.24) is 10.2 Å². The van der Waals surface area contributed by atoms with Crippen molar-refractivity contribution in [3.8, 4) is 0 Å². The summed E-state index contributed by atoms with van der Waals surface area (Å²) in [7, 11) is 2.23. The minimum atomic E-state index is 0.503. The fraction of sp³-hybridized carbons (Fsp3) is 1.00. The van der Waals surface area contributed by atoms with Crippen LogP contribution < -0.4 is 5.32 Å². The highest BCUT2D eigenvalue weighted by Gasteiger charge is 2.31. The molecule has 0 aromatic carbocycles. The second-order valence-electron chi connectivity index (χ2n) is 5.54. The smallest absolute Gasteiger partial charge is 0.0153 e. The van der Waals surface area contributed by atoms with Gasteiger partial charge in [0.05, 0.1) is 0 Å². The second-order valence-corrected chi connectivity index (χ2v) is 5.54. The number of nitrogens with zero attached hydrogens (tertiary/aromatic N) is 1. The average molecular weight is 196 g/mol. The molecule has 1 saturated carbocycles. The maximum absolute atomic E-state index is 3.76. The number of likely N-dealkylation sites (tertiary alicyclic amines) is 1. The highest BCUT2D eigenvalue weighted by atomic mass is 15.1. The van der Waals surface area contributed by atoms with Gasteiger partial charge in [-0.3, -0.25) is 0 Å². The Labute approximate surface area is 88.1 Å². The normalized spacial score (nSPS) is 28.7. The van der Waals surface area contributed by atoms with Crippen LogP contribution in [0.3, 0.4) is 0 Å². The first-order valence-electron chi connectivity index (χ1n) is 6.12. The Balaban J connectivity index is 1.65. The first kappa shape index (κ1) is 10.4. The zero-order chi connectivity index (χ0) is 10.0. The molecule has 1 heterocycles. The lowest BCUT2D eigenvalue weighted by atomic mass is 9.78. The Bertz CT molecular complexity index is 179. The highest BCUT2D eigenvalue weighted by Crippen LogP contribution is 2.31. The van der Waals surface area contributed by atoms with Gasteiger partial charge in [-0.1, -0.05) is 0 Å². The van der Waals surface area contributed by atoms with Crippen molar-refractivity contribution in [1.29, 1.82) is 0 Å². The largest absolute Gasteiger partial charge is 0.311 e. The summed E-state index contributed by atoms with van der Waals surface area (Å²) in [5.74, 6) is 0.934. The lowest BCUT2D eigenvalue weighted by molar-refractivity contribution is 0.167. The molecule has 1 aliphatic carbocycles. The topological polar surface area (TPSA) is 15.3 Å². The molecule has 0 atom stereocenters. The molecule has 2 rings (SSSR count). The molecule has 0 aromatic rings. The van der Waals surface area contributed by atoms with Crippen LogP contribution in [0.25, 0.3) is 0 Å². The maximum Gasteiger partial charge on any atom is 0.0153 e. The Kier molecular flexibility index (Phi) is 3.13. The van der Waals surface area contributed by atoms with Crippen LogP contribution in [0, 0.1) is 5.92 Å². The molecular formula is C12H24N2. The van der Waals surface area contributed by atoms with Gasteiger partial charge in [-0.2, -0.15) is 0 Å². The lowest BCUT2D eigenvalue weighted by Crippen LogP contribution is -2.50. The Morgan fingerprint density at radius 1 is 1.29 bits per heavy atom. The molecule has 2 fully saturated rings. The summed E-state index contributed by atoms with van der Waals surface area (Å²) in [6.07, 6.45) is 6.98. The van der Waals surface area contributed by atoms with Crippen molar-refractivity contribution in [3.05, 3.63) is 0 Å². The van der Waals surface area contributed by atoms with E-state index in [0.29, 0.717) is 5.54 Å². The van der Waals surface area contributed by atoms with Gasteiger partial charge >= 0.3 is 0 Å². The molecule has 1 saturated heterocycles. The van der Waals surface area contributed by atoms with E-state index in [1.54, 1.807) is 0 Å². The zero-order valence-corrected chi connectivity index (χ0v) is 9.68. The van der Waals surface area contributed by atoms with E-state index in [1.165, 1.54) is 51.7 Å². The Morgan fingerprint density at radius 2 is 1.93 bits per heavy atom. The Hall–Kier alpha value is -0.0800. The van der Waals surface area contributed by atoms with Crippen molar-refractivity contribution < 1.29 is 0 Å². The number of hydrogen-bond donors (Lipinski definition) is 1. The number of rotatable bonds is 3. The van der Waals surface area contributed by atoms with Gasteiger partial charge in [0.25, 0.3) is 0 Å². The summed E-state index contributed by atoms with van der Waals surface area (Å²) in [4.78, 5) is 2.45. The predicted octanol–water partition coefficient (Wildman–Crippen LogP) is 1.86. The van der Waals surface area contributed by atoms with Crippen LogP contribution in [-0.4, -0.2) is 37.1 Å². The maximum atomic E-state index is 3.76. The van der Waals surface area contributed by atoms with Gasteiger partial charge in [0.1, 0.15) is 0 Å². The third kappa shape index (κ3) is 2.48. The van der Waals surface area contributed by atoms with Crippen molar-refractivity contribution >= 4 is 0 Å². The fourth-order valence-corrected chi connectivity index (χ4v) is 2.54. The molecule has 1 aliphatic heterocycles. The molecule has 82 valence electrons. The predicted molar refractivity (Wildman–Crippen MR) is 60.5 cm³/mol. The first-order chi connectivity index (χ1) is 6.68. The van der Waals surface area contributed by atoms with Crippen molar-refractivity contribution in [2.45, 2.75) is 44.6 Å². The summed E-state index contributed by atoms with van der Waals surface area (Å²) in [6.45, 7) is 6.22. The quantitative estimate of drug-likeness (QED) is 0.741. The second kappa shape index (κ2) is 4.19. The van der Waals surface area contributed by atoms with Crippen molar-refractivity contribution in [2.75, 3.05) is 26.7 Å². The molecule has 1 N–H and O–H groups in total. The molecule has 0 bridgehead atoms. The molecule has 2 aliphatic rings. The van der Waals surface area contributed by atoms with E-state index in [-0.39, 0.29) is 0 Å². The van der Waals surface area contributed by atoms with Gasteiger partial charge in [0.2, 0.25) is 0 Å². The zero-order valence-electron chi connectivity index (χ0n) is 9.68. The van der Waals surface area contributed by atoms with Gasteiger partial charge in [0.15, 0.2) is 0 Å². The molecule has 0 spiro atoms. The first-order valence-corrected chi connectivity index (χ1v) is 6.12. The number of piperidine rings is 1. The monoisotopic (exact) mass is 196 g/mol. The summed E-state index contributed by atoms with van der Waals surface area (Å²) in [5, 5.41) is 3.76. The lowest BCUT2D eigenvalue weighted by Gasteiger charge is -2.41. The molecule has 14 heavy (non-hydrogen) atoms. The third-order valence-corrected chi connectivity index (χ3v) is 4.11. The van der Waals surface area contributed by atoms with E-state index in [1.807, 2.05) is 0 Å². The van der Waals surface area contributed by atoms with E-state index in [2.05, 4.69) is 24.2 Å². The van der Waals surface area contributed by atoms with E-state index in [9.17, 15) is 0 Å².